The topological polar surface area (TPSA) is 47.8 Å². The molecule has 1 unspecified atom stereocenters. The van der Waals surface area contributed by atoms with Crippen LogP contribution < -0.4 is 0 Å². The zero-order valence-electron chi connectivity index (χ0n) is 8.97. The first kappa shape index (κ1) is 9.51. The van der Waals surface area contributed by atoms with Gasteiger partial charge in [0.15, 0.2) is 0 Å². The number of benzene rings is 1. The van der Waals surface area contributed by atoms with Gasteiger partial charge in [0, 0.05) is 12.8 Å². The van der Waals surface area contributed by atoms with Gasteiger partial charge in [0.25, 0.3) is 0 Å². The van der Waals surface area contributed by atoms with E-state index < -0.39 is 0 Å². The van der Waals surface area contributed by atoms with Gasteiger partial charge in [-0.2, -0.15) is 15.0 Å². The van der Waals surface area contributed by atoms with Gasteiger partial charge in [-0.15, -0.1) is 0 Å². The second-order valence-electron chi connectivity index (χ2n) is 4.30. The van der Waals surface area contributed by atoms with E-state index in [0.29, 0.717) is 12.2 Å². The van der Waals surface area contributed by atoms with Crippen LogP contribution >= 0.6 is 0 Å². The Morgan fingerprint density at radius 1 is 1.19 bits per heavy atom. The molecular formula is C12H13N3O. The average Bonchev–Trinajstić information content (AvgIpc) is 2.72. The number of ketones is 1. The molecule has 4 heteroatoms. The molecule has 0 bridgehead atoms. The van der Waals surface area contributed by atoms with Gasteiger partial charge in [-0.1, -0.05) is 12.1 Å². The van der Waals surface area contributed by atoms with Crippen LogP contribution in [0, 0.1) is 0 Å². The zero-order chi connectivity index (χ0) is 11.0. The lowest BCUT2D eigenvalue weighted by Crippen LogP contribution is -2.20. The smallest absolute Gasteiger partial charge is 0.135 e. The number of hydrogen-bond acceptors (Lipinski definition) is 3. The van der Waals surface area contributed by atoms with E-state index in [1.165, 1.54) is 0 Å². The molecule has 1 aliphatic carbocycles. The van der Waals surface area contributed by atoms with Gasteiger partial charge in [-0.05, 0) is 25.0 Å². The molecule has 4 nitrogen and oxygen atoms in total. The highest BCUT2D eigenvalue weighted by atomic mass is 16.1. The van der Waals surface area contributed by atoms with Crippen LogP contribution in [0.15, 0.2) is 24.3 Å². The van der Waals surface area contributed by atoms with Crippen LogP contribution in [0.3, 0.4) is 0 Å². The minimum absolute atomic E-state index is 0.161. The molecule has 0 spiro atoms. The van der Waals surface area contributed by atoms with E-state index in [2.05, 4.69) is 10.2 Å². The molecule has 0 aliphatic heterocycles. The van der Waals surface area contributed by atoms with Gasteiger partial charge < -0.3 is 0 Å². The first-order valence-electron chi connectivity index (χ1n) is 5.66. The Labute approximate surface area is 93.3 Å². The molecule has 2 aromatic rings. The standard InChI is InChI=1S/C12H13N3O/c16-10-5-3-4-9(8-10)15-13-11-6-1-2-7-12(11)14-15/h1-2,6-7,9H,3-5,8H2. The number of Topliss-reactive ketones (excluding diaryl/α,β-unsaturated/α-hetero) is 1. The molecule has 1 aliphatic rings. The Hall–Kier alpha value is -1.71. The quantitative estimate of drug-likeness (QED) is 0.732. The van der Waals surface area contributed by atoms with Crippen LogP contribution in [0.5, 0.6) is 0 Å². The van der Waals surface area contributed by atoms with Gasteiger partial charge in [0.05, 0.1) is 6.04 Å². The molecule has 0 N–H and O–H groups in total. The van der Waals surface area contributed by atoms with Crippen molar-refractivity contribution in [3.8, 4) is 0 Å². The van der Waals surface area contributed by atoms with Crippen molar-refractivity contribution in [2.24, 2.45) is 0 Å². The van der Waals surface area contributed by atoms with Crippen molar-refractivity contribution in [1.29, 1.82) is 0 Å². The normalized spacial score (nSPS) is 21.5. The van der Waals surface area contributed by atoms with E-state index in [9.17, 15) is 4.79 Å². The summed E-state index contributed by atoms with van der Waals surface area (Å²) in [5, 5.41) is 8.85. The molecule has 1 fully saturated rings. The lowest BCUT2D eigenvalue weighted by Gasteiger charge is -2.19. The number of hydrogen-bond donors (Lipinski definition) is 0. The number of fused-ring (bicyclic) bond motifs is 1. The molecule has 1 saturated carbocycles. The summed E-state index contributed by atoms with van der Waals surface area (Å²) < 4.78 is 0. The molecule has 1 aromatic carbocycles. The highest BCUT2D eigenvalue weighted by molar-refractivity contribution is 5.79. The lowest BCUT2D eigenvalue weighted by molar-refractivity contribution is -0.121. The van der Waals surface area contributed by atoms with Crippen LogP contribution in [0.2, 0.25) is 0 Å². The number of nitrogens with zero attached hydrogens (tertiary/aromatic N) is 3. The molecule has 0 radical (unpaired) electrons. The fraction of sp³-hybridized carbons (Fsp3) is 0.417. The van der Waals surface area contributed by atoms with Gasteiger partial charge in [0.2, 0.25) is 0 Å². The Morgan fingerprint density at radius 3 is 2.50 bits per heavy atom. The lowest BCUT2D eigenvalue weighted by atomic mass is 9.95. The fourth-order valence-electron chi connectivity index (χ4n) is 2.24. The van der Waals surface area contributed by atoms with Crippen molar-refractivity contribution in [3.05, 3.63) is 24.3 Å². The van der Waals surface area contributed by atoms with Crippen molar-refractivity contribution in [1.82, 2.24) is 15.0 Å². The molecule has 1 heterocycles. The molecule has 16 heavy (non-hydrogen) atoms. The fourth-order valence-corrected chi connectivity index (χ4v) is 2.24. The highest BCUT2D eigenvalue weighted by Crippen LogP contribution is 2.25. The first-order chi connectivity index (χ1) is 7.83. The van der Waals surface area contributed by atoms with Gasteiger partial charge >= 0.3 is 0 Å². The van der Waals surface area contributed by atoms with E-state index in [0.717, 1.165) is 30.3 Å². The van der Waals surface area contributed by atoms with Crippen molar-refractivity contribution in [2.45, 2.75) is 31.7 Å². The molecule has 0 amide bonds. The van der Waals surface area contributed by atoms with Crippen molar-refractivity contribution >= 4 is 16.8 Å². The van der Waals surface area contributed by atoms with E-state index >= 15 is 0 Å². The summed E-state index contributed by atoms with van der Waals surface area (Å²) in [4.78, 5) is 13.1. The molecule has 0 saturated heterocycles. The summed E-state index contributed by atoms with van der Waals surface area (Å²) in [6, 6.07) is 7.96. The van der Waals surface area contributed by atoms with Gasteiger partial charge in [0.1, 0.15) is 16.8 Å². The summed E-state index contributed by atoms with van der Waals surface area (Å²) in [7, 11) is 0. The first-order valence-corrected chi connectivity index (χ1v) is 5.66. The zero-order valence-corrected chi connectivity index (χ0v) is 8.97. The Bertz CT molecular complexity index is 499. The Balaban J connectivity index is 1.96. The SMILES string of the molecule is O=C1CCCC(n2nc3ccccc3n2)C1. The second kappa shape index (κ2) is 3.70. The third-order valence-corrected chi connectivity index (χ3v) is 3.08. The maximum absolute atomic E-state index is 11.4. The Kier molecular flexibility index (Phi) is 2.20. The third-order valence-electron chi connectivity index (χ3n) is 3.08. The summed E-state index contributed by atoms with van der Waals surface area (Å²) in [6.45, 7) is 0. The maximum Gasteiger partial charge on any atom is 0.135 e. The van der Waals surface area contributed by atoms with E-state index in [-0.39, 0.29) is 6.04 Å². The van der Waals surface area contributed by atoms with Crippen LogP contribution in [-0.2, 0) is 4.79 Å². The predicted octanol–water partition coefficient (Wildman–Crippen LogP) is 2.12. The van der Waals surface area contributed by atoms with E-state index in [1.807, 2.05) is 24.3 Å². The molecular weight excluding hydrogens is 202 g/mol. The van der Waals surface area contributed by atoms with Gasteiger partial charge in [-0.3, -0.25) is 4.79 Å². The summed E-state index contributed by atoms with van der Waals surface area (Å²) in [6.07, 6.45) is 3.27. The third kappa shape index (κ3) is 1.60. The average molecular weight is 215 g/mol. The van der Waals surface area contributed by atoms with E-state index in [1.54, 1.807) is 4.80 Å². The summed E-state index contributed by atoms with van der Waals surface area (Å²) in [5.41, 5.74) is 1.81. The molecule has 1 aromatic heterocycles. The second-order valence-corrected chi connectivity index (χ2v) is 4.30. The van der Waals surface area contributed by atoms with Crippen LogP contribution in [0.4, 0.5) is 0 Å². The molecule has 82 valence electrons. The van der Waals surface area contributed by atoms with Crippen LogP contribution in [0.1, 0.15) is 31.7 Å². The van der Waals surface area contributed by atoms with Crippen LogP contribution in [0.25, 0.3) is 11.0 Å². The van der Waals surface area contributed by atoms with Crippen molar-refractivity contribution in [3.63, 3.8) is 0 Å². The van der Waals surface area contributed by atoms with Crippen molar-refractivity contribution in [2.75, 3.05) is 0 Å². The Morgan fingerprint density at radius 2 is 1.88 bits per heavy atom. The van der Waals surface area contributed by atoms with Crippen LogP contribution in [-0.4, -0.2) is 20.8 Å². The summed E-state index contributed by atoms with van der Waals surface area (Å²) in [5.74, 6) is 0.331. The van der Waals surface area contributed by atoms with E-state index in [4.69, 9.17) is 0 Å². The number of carbonyl (C=O) groups is 1. The largest absolute Gasteiger partial charge is 0.300 e. The highest BCUT2D eigenvalue weighted by Gasteiger charge is 2.22. The molecule has 1 atom stereocenters. The number of aromatic nitrogens is 3. The number of carbonyl (C=O) groups excluding carboxylic acids is 1. The monoisotopic (exact) mass is 215 g/mol. The van der Waals surface area contributed by atoms with Crippen molar-refractivity contribution < 1.29 is 4.79 Å². The van der Waals surface area contributed by atoms with Gasteiger partial charge in [-0.25, -0.2) is 0 Å². The number of rotatable bonds is 1. The maximum atomic E-state index is 11.4. The predicted molar refractivity (Wildman–Crippen MR) is 60.0 cm³/mol. The minimum Gasteiger partial charge on any atom is -0.300 e. The summed E-state index contributed by atoms with van der Waals surface area (Å²) >= 11 is 0. The minimum atomic E-state index is 0.161. The molecule has 3 rings (SSSR count).